The lowest BCUT2D eigenvalue weighted by Crippen LogP contribution is -2.19. The fourth-order valence-electron chi connectivity index (χ4n) is 2.99. The molecule has 1 aliphatic heterocycles. The fourth-order valence-corrected chi connectivity index (χ4v) is 3.15. The normalized spacial score (nSPS) is 17.6. The number of amides is 2. The third kappa shape index (κ3) is 3.57. The molecule has 1 saturated heterocycles. The van der Waals surface area contributed by atoms with Crippen LogP contribution in [0.3, 0.4) is 0 Å². The molecule has 3 heterocycles. The van der Waals surface area contributed by atoms with Crippen LogP contribution in [0.1, 0.15) is 24.8 Å². The number of nitrogens with one attached hydrogen (secondary N) is 2. The highest BCUT2D eigenvalue weighted by atomic mass is 35.5. The van der Waals surface area contributed by atoms with Crippen LogP contribution in [0, 0.1) is 5.82 Å². The van der Waals surface area contributed by atoms with Crippen LogP contribution in [0.2, 0.25) is 5.02 Å². The van der Waals surface area contributed by atoms with Crippen LogP contribution < -0.4 is 15.4 Å². The fraction of sp³-hybridized carbons (Fsp3) is 0.211. The topological polar surface area (TPSA) is 111 Å². The van der Waals surface area contributed by atoms with Crippen molar-refractivity contribution in [1.29, 1.82) is 0 Å². The first-order valence-electron chi connectivity index (χ1n) is 9.16. The Morgan fingerprint density at radius 1 is 1.30 bits per heavy atom. The van der Waals surface area contributed by atoms with Crippen LogP contribution in [0.5, 0.6) is 11.8 Å². The van der Waals surface area contributed by atoms with Crippen molar-refractivity contribution >= 4 is 41.1 Å². The number of imide groups is 1. The summed E-state index contributed by atoms with van der Waals surface area (Å²) in [6, 6.07) is 4.16. The van der Waals surface area contributed by atoms with Gasteiger partial charge in [-0.25, -0.2) is 4.39 Å². The highest BCUT2D eigenvalue weighted by Gasteiger charge is 2.26. The van der Waals surface area contributed by atoms with E-state index in [0.717, 1.165) is 18.9 Å². The second-order valence-electron chi connectivity index (χ2n) is 6.98. The second-order valence-corrected chi connectivity index (χ2v) is 7.42. The number of carbonyl (C=O) groups excluding carboxylic acids is 2. The molecule has 2 aliphatic rings. The summed E-state index contributed by atoms with van der Waals surface area (Å²) in [5.41, 5.74) is 1.14. The van der Waals surface area contributed by atoms with Crippen molar-refractivity contribution < 1.29 is 18.7 Å². The van der Waals surface area contributed by atoms with E-state index in [-0.39, 0.29) is 35.2 Å². The molecule has 1 aliphatic carbocycles. The van der Waals surface area contributed by atoms with Gasteiger partial charge in [-0.3, -0.25) is 14.9 Å². The molecule has 9 nitrogen and oxygen atoms in total. The molecule has 152 valence electrons. The maximum Gasteiger partial charge on any atom is 0.327 e. The largest absolute Gasteiger partial charge is 0.421 e. The average molecular weight is 429 g/mol. The Balaban J connectivity index is 1.58. The molecule has 11 heteroatoms. The van der Waals surface area contributed by atoms with E-state index in [0.29, 0.717) is 22.7 Å². The van der Waals surface area contributed by atoms with E-state index in [4.69, 9.17) is 16.3 Å². The van der Waals surface area contributed by atoms with Crippen LogP contribution in [-0.2, 0) is 9.59 Å². The van der Waals surface area contributed by atoms with Gasteiger partial charge in [0.05, 0.1) is 12.6 Å². The molecule has 5 rings (SSSR count). The minimum Gasteiger partial charge on any atom is -0.421 e. The highest BCUT2D eigenvalue weighted by molar-refractivity contribution is 6.30. The van der Waals surface area contributed by atoms with Gasteiger partial charge in [0.15, 0.2) is 17.2 Å². The van der Waals surface area contributed by atoms with Crippen LogP contribution in [0.4, 0.5) is 10.3 Å². The number of hydrogen-bond acceptors (Lipinski definition) is 7. The first kappa shape index (κ1) is 18.5. The third-order valence-corrected chi connectivity index (χ3v) is 4.84. The van der Waals surface area contributed by atoms with Crippen LogP contribution in [-0.4, -0.2) is 37.4 Å². The SMILES string of the molecule is O=C1C/C(=C\c2cnn3c(NC4CC4)nc(Oc4ccc(Cl)cc4F)nc23)C(=O)N1. The Labute approximate surface area is 173 Å². The Kier molecular flexibility index (Phi) is 4.35. The molecule has 2 aromatic heterocycles. The number of ether oxygens (including phenoxy) is 1. The van der Waals surface area contributed by atoms with Crippen molar-refractivity contribution in [2.24, 2.45) is 0 Å². The standard InChI is InChI=1S/C19H14ClFN6O3/c20-11-1-4-14(13(21)7-11)30-19-25-16-10(5-9-6-15(28)24-17(9)29)8-22-27(16)18(26-19)23-12-2-3-12/h1,4-5,7-8,12H,2-3,6H2,(H,23,25,26)(H,24,28,29)/b9-5+. The Morgan fingerprint density at radius 2 is 2.13 bits per heavy atom. The van der Waals surface area contributed by atoms with Crippen molar-refractivity contribution in [2.75, 3.05) is 5.32 Å². The number of aromatic nitrogens is 4. The average Bonchev–Trinajstić information content (AvgIpc) is 3.33. The number of benzene rings is 1. The van der Waals surface area contributed by atoms with Gasteiger partial charge in [0.2, 0.25) is 11.9 Å². The summed E-state index contributed by atoms with van der Waals surface area (Å²) in [6.45, 7) is 0. The third-order valence-electron chi connectivity index (χ3n) is 4.61. The number of fused-ring (bicyclic) bond motifs is 1. The number of nitrogens with zero attached hydrogens (tertiary/aromatic N) is 4. The van der Waals surface area contributed by atoms with Gasteiger partial charge >= 0.3 is 6.01 Å². The van der Waals surface area contributed by atoms with E-state index in [1.165, 1.54) is 22.8 Å². The van der Waals surface area contributed by atoms with Gasteiger partial charge in [0.1, 0.15) is 0 Å². The first-order chi connectivity index (χ1) is 14.5. The molecule has 2 fully saturated rings. The Bertz CT molecular complexity index is 1240. The number of hydrogen-bond donors (Lipinski definition) is 2. The molecule has 2 amide bonds. The number of halogens is 2. The number of carbonyl (C=O) groups is 2. The van der Waals surface area contributed by atoms with Gasteiger partial charge < -0.3 is 10.1 Å². The van der Waals surface area contributed by atoms with Gasteiger partial charge in [-0.15, -0.1) is 0 Å². The monoisotopic (exact) mass is 428 g/mol. The molecular weight excluding hydrogens is 415 g/mol. The van der Waals surface area contributed by atoms with E-state index < -0.39 is 11.7 Å². The molecule has 1 aromatic carbocycles. The van der Waals surface area contributed by atoms with Crippen molar-refractivity contribution in [1.82, 2.24) is 24.9 Å². The molecule has 30 heavy (non-hydrogen) atoms. The summed E-state index contributed by atoms with van der Waals surface area (Å²) in [5, 5.41) is 9.99. The van der Waals surface area contributed by atoms with Crippen LogP contribution in [0.25, 0.3) is 11.7 Å². The lowest BCUT2D eigenvalue weighted by molar-refractivity contribution is -0.124. The van der Waals surface area contributed by atoms with E-state index >= 15 is 0 Å². The molecule has 0 unspecified atom stereocenters. The molecule has 0 bridgehead atoms. The summed E-state index contributed by atoms with van der Waals surface area (Å²) in [6.07, 6.45) is 5.02. The minimum absolute atomic E-state index is 0.0201. The molecule has 0 spiro atoms. The summed E-state index contributed by atoms with van der Waals surface area (Å²) in [5.74, 6) is -1.18. The Hall–Kier alpha value is -3.53. The van der Waals surface area contributed by atoms with Gasteiger partial charge in [-0.05, 0) is 37.1 Å². The van der Waals surface area contributed by atoms with E-state index in [9.17, 15) is 14.0 Å². The molecule has 1 saturated carbocycles. The second kappa shape index (κ2) is 7.06. The van der Waals surface area contributed by atoms with Gasteiger partial charge in [0, 0.05) is 22.2 Å². The number of rotatable bonds is 5. The molecule has 2 N–H and O–H groups in total. The zero-order valence-corrected chi connectivity index (χ0v) is 16.1. The molecule has 0 radical (unpaired) electrons. The zero-order valence-electron chi connectivity index (χ0n) is 15.4. The molecular formula is C19H14ClFN6O3. The van der Waals surface area contributed by atoms with E-state index in [1.807, 2.05) is 0 Å². The summed E-state index contributed by atoms with van der Waals surface area (Å²) < 4.78 is 21.2. The highest BCUT2D eigenvalue weighted by Crippen LogP contribution is 2.29. The summed E-state index contributed by atoms with van der Waals surface area (Å²) >= 11 is 5.79. The summed E-state index contributed by atoms with van der Waals surface area (Å²) in [4.78, 5) is 32.0. The van der Waals surface area contributed by atoms with Gasteiger partial charge in [-0.1, -0.05) is 11.6 Å². The van der Waals surface area contributed by atoms with Gasteiger partial charge in [-0.2, -0.15) is 19.6 Å². The lowest BCUT2D eigenvalue weighted by Gasteiger charge is -2.10. The Morgan fingerprint density at radius 3 is 2.83 bits per heavy atom. The first-order valence-corrected chi connectivity index (χ1v) is 9.54. The van der Waals surface area contributed by atoms with Crippen LogP contribution in [0.15, 0.2) is 30.0 Å². The van der Waals surface area contributed by atoms with Gasteiger partial charge in [0.25, 0.3) is 5.91 Å². The van der Waals surface area contributed by atoms with Crippen molar-refractivity contribution in [3.05, 3.63) is 46.4 Å². The predicted molar refractivity (Wildman–Crippen MR) is 105 cm³/mol. The zero-order chi connectivity index (χ0) is 20.8. The number of anilines is 1. The van der Waals surface area contributed by atoms with Crippen LogP contribution >= 0.6 is 11.6 Å². The predicted octanol–water partition coefficient (Wildman–Crippen LogP) is 2.71. The van der Waals surface area contributed by atoms with Crippen molar-refractivity contribution in [3.8, 4) is 11.8 Å². The quantitative estimate of drug-likeness (QED) is 0.474. The van der Waals surface area contributed by atoms with Crippen molar-refractivity contribution in [2.45, 2.75) is 25.3 Å². The smallest absolute Gasteiger partial charge is 0.327 e. The van der Waals surface area contributed by atoms with E-state index in [2.05, 4.69) is 25.7 Å². The maximum absolute atomic E-state index is 14.2. The molecule has 3 aromatic rings. The van der Waals surface area contributed by atoms with Crippen molar-refractivity contribution in [3.63, 3.8) is 0 Å². The lowest BCUT2D eigenvalue weighted by atomic mass is 10.1. The minimum atomic E-state index is -0.653. The summed E-state index contributed by atoms with van der Waals surface area (Å²) in [7, 11) is 0. The van der Waals surface area contributed by atoms with E-state index in [1.54, 1.807) is 6.08 Å². The maximum atomic E-state index is 14.2. The molecule has 0 atom stereocenters.